The van der Waals surface area contributed by atoms with Crippen molar-refractivity contribution in [1.29, 1.82) is 0 Å². The predicted octanol–water partition coefficient (Wildman–Crippen LogP) is 1.75. The highest BCUT2D eigenvalue weighted by Gasteiger charge is 2.17. The van der Waals surface area contributed by atoms with Crippen molar-refractivity contribution in [2.24, 2.45) is 0 Å². The number of nitrogens with zero attached hydrogens (tertiary/aromatic N) is 1. The molecule has 20 heavy (non-hydrogen) atoms. The maximum atomic E-state index is 12.8. The lowest BCUT2D eigenvalue weighted by Gasteiger charge is -2.20. The minimum Gasteiger partial charge on any atom is -0.481 e. The zero-order valence-corrected chi connectivity index (χ0v) is 10.9. The Morgan fingerprint density at radius 2 is 1.80 bits per heavy atom. The van der Waals surface area contributed by atoms with Gasteiger partial charge in [0.1, 0.15) is 5.82 Å². The summed E-state index contributed by atoms with van der Waals surface area (Å²) in [5, 5.41) is 10.5. The summed E-state index contributed by atoms with van der Waals surface area (Å²) in [6.07, 6.45) is -0.621. The molecule has 0 heterocycles. The van der Waals surface area contributed by atoms with Crippen molar-refractivity contribution >= 4 is 23.6 Å². The van der Waals surface area contributed by atoms with E-state index in [1.807, 2.05) is 0 Å². The minimum atomic E-state index is -1.11. The average Bonchev–Trinajstić information content (AvgIpc) is 2.39. The van der Waals surface area contributed by atoms with Gasteiger partial charge in [0.15, 0.2) is 0 Å². The molecule has 1 aromatic carbocycles. The molecule has 0 unspecified atom stereocenters. The summed E-state index contributed by atoms with van der Waals surface area (Å²) in [7, 11) is 0. The molecule has 3 amide bonds. The second-order valence-electron chi connectivity index (χ2n) is 3.97. The van der Waals surface area contributed by atoms with Crippen LogP contribution in [0.25, 0.3) is 0 Å². The first-order chi connectivity index (χ1) is 9.43. The normalized spacial score (nSPS) is 9.90. The quantitative estimate of drug-likeness (QED) is 0.861. The largest absolute Gasteiger partial charge is 0.481 e. The predicted molar refractivity (Wildman–Crippen MR) is 69.8 cm³/mol. The summed E-state index contributed by atoms with van der Waals surface area (Å²) in [4.78, 5) is 34.8. The van der Waals surface area contributed by atoms with Gasteiger partial charge in [-0.25, -0.2) is 9.18 Å². The Morgan fingerprint density at radius 3 is 2.30 bits per heavy atom. The van der Waals surface area contributed by atoms with Crippen LogP contribution in [-0.2, 0) is 9.59 Å². The average molecular weight is 282 g/mol. The van der Waals surface area contributed by atoms with E-state index < -0.39 is 23.7 Å². The van der Waals surface area contributed by atoms with Crippen LogP contribution in [0.15, 0.2) is 24.3 Å². The Hall–Kier alpha value is -2.44. The van der Waals surface area contributed by atoms with Crippen LogP contribution in [0.4, 0.5) is 14.9 Å². The van der Waals surface area contributed by atoms with E-state index in [2.05, 4.69) is 5.32 Å². The Kier molecular flexibility index (Phi) is 5.64. The maximum absolute atomic E-state index is 12.8. The van der Waals surface area contributed by atoms with Crippen LogP contribution in [0.5, 0.6) is 0 Å². The molecule has 0 aliphatic heterocycles. The maximum Gasteiger partial charge on any atom is 0.328 e. The number of carboxylic acids is 1. The molecule has 0 aliphatic rings. The van der Waals surface area contributed by atoms with Crippen molar-refractivity contribution in [2.45, 2.75) is 19.8 Å². The van der Waals surface area contributed by atoms with Crippen molar-refractivity contribution in [3.63, 3.8) is 0 Å². The van der Waals surface area contributed by atoms with Gasteiger partial charge in [0.25, 0.3) is 0 Å². The molecule has 6 nitrogen and oxygen atoms in total. The van der Waals surface area contributed by atoms with E-state index in [1.54, 1.807) is 6.92 Å². The number of urea groups is 1. The van der Waals surface area contributed by atoms with Gasteiger partial charge in [-0.2, -0.15) is 0 Å². The highest BCUT2D eigenvalue weighted by Crippen LogP contribution is 2.14. The molecule has 2 N–H and O–H groups in total. The molecule has 0 atom stereocenters. The number of nitrogens with one attached hydrogen (secondary N) is 1. The third-order valence-corrected chi connectivity index (χ3v) is 2.51. The molecule has 0 aliphatic carbocycles. The molecule has 0 bridgehead atoms. The number of hydrogen-bond acceptors (Lipinski definition) is 3. The Bertz CT molecular complexity index is 502. The third kappa shape index (κ3) is 4.68. The molecule has 1 rings (SSSR count). The number of rotatable bonds is 5. The van der Waals surface area contributed by atoms with Gasteiger partial charge in [0, 0.05) is 18.7 Å². The van der Waals surface area contributed by atoms with Crippen LogP contribution in [0.2, 0.25) is 0 Å². The first kappa shape index (κ1) is 15.6. The number of benzene rings is 1. The highest BCUT2D eigenvalue weighted by molar-refractivity contribution is 6.03. The van der Waals surface area contributed by atoms with Crippen LogP contribution in [0.1, 0.15) is 19.8 Å². The first-order valence-corrected chi connectivity index (χ1v) is 6.02. The van der Waals surface area contributed by atoms with Crippen LogP contribution in [-0.4, -0.2) is 29.6 Å². The van der Waals surface area contributed by atoms with Crippen LogP contribution >= 0.6 is 0 Å². The molecule has 0 saturated heterocycles. The molecule has 108 valence electrons. The van der Waals surface area contributed by atoms with E-state index in [9.17, 15) is 18.8 Å². The minimum absolute atomic E-state index is 0.276. The monoisotopic (exact) mass is 282 g/mol. The third-order valence-electron chi connectivity index (χ3n) is 2.51. The van der Waals surface area contributed by atoms with Gasteiger partial charge in [-0.3, -0.25) is 19.8 Å². The molecule has 0 saturated carbocycles. The number of amides is 3. The van der Waals surface area contributed by atoms with Gasteiger partial charge in [-0.1, -0.05) is 0 Å². The number of halogens is 1. The number of anilines is 1. The summed E-state index contributed by atoms with van der Waals surface area (Å²) in [5.74, 6) is -2.21. The molecule has 0 aromatic heterocycles. The van der Waals surface area contributed by atoms with E-state index in [4.69, 9.17) is 5.11 Å². The molecule has 0 fully saturated rings. The highest BCUT2D eigenvalue weighted by atomic mass is 19.1. The number of carbonyl (C=O) groups is 3. The lowest BCUT2D eigenvalue weighted by Crippen LogP contribution is -2.43. The summed E-state index contributed by atoms with van der Waals surface area (Å²) in [6.45, 7) is 1.98. The fourth-order valence-corrected chi connectivity index (χ4v) is 1.53. The Balaban J connectivity index is 2.65. The van der Waals surface area contributed by atoms with Gasteiger partial charge in [0.05, 0.1) is 6.42 Å². The van der Waals surface area contributed by atoms with Gasteiger partial charge in [-0.05, 0) is 31.2 Å². The van der Waals surface area contributed by atoms with Crippen molar-refractivity contribution < 1.29 is 23.9 Å². The lowest BCUT2D eigenvalue weighted by molar-refractivity contribution is -0.138. The van der Waals surface area contributed by atoms with Gasteiger partial charge < -0.3 is 5.11 Å². The second-order valence-corrected chi connectivity index (χ2v) is 3.97. The molecule has 7 heteroatoms. The number of carboxylic acid groups (broad SMARTS) is 1. The zero-order valence-electron chi connectivity index (χ0n) is 10.9. The number of carbonyl (C=O) groups excluding carboxylic acids is 2. The zero-order chi connectivity index (χ0) is 15.1. The second kappa shape index (κ2) is 7.22. The van der Waals surface area contributed by atoms with Crippen LogP contribution in [0, 0.1) is 5.82 Å². The Labute approximate surface area is 115 Å². The SMILES string of the molecule is CCN(C(=O)NC(=O)CCC(=O)O)c1ccc(F)cc1. The van der Waals surface area contributed by atoms with Crippen molar-refractivity contribution in [1.82, 2.24) is 5.32 Å². The summed E-state index contributed by atoms with van der Waals surface area (Å²) in [6, 6.07) is 4.57. The van der Waals surface area contributed by atoms with E-state index >= 15 is 0 Å². The smallest absolute Gasteiger partial charge is 0.328 e. The summed E-state index contributed by atoms with van der Waals surface area (Å²) in [5.41, 5.74) is 0.442. The van der Waals surface area contributed by atoms with Crippen molar-refractivity contribution in [3.8, 4) is 0 Å². The number of hydrogen-bond donors (Lipinski definition) is 2. The van der Waals surface area contributed by atoms with Gasteiger partial charge in [-0.15, -0.1) is 0 Å². The topological polar surface area (TPSA) is 86.7 Å². The molecule has 0 radical (unpaired) electrons. The molecular weight excluding hydrogens is 267 g/mol. The first-order valence-electron chi connectivity index (χ1n) is 6.02. The summed E-state index contributed by atoms with van der Waals surface area (Å²) >= 11 is 0. The van der Waals surface area contributed by atoms with E-state index in [-0.39, 0.29) is 19.4 Å². The summed E-state index contributed by atoms with van der Waals surface area (Å²) < 4.78 is 12.8. The van der Waals surface area contributed by atoms with E-state index in [0.29, 0.717) is 5.69 Å². The van der Waals surface area contributed by atoms with Crippen LogP contribution < -0.4 is 10.2 Å². The fourth-order valence-electron chi connectivity index (χ4n) is 1.53. The molecule has 0 spiro atoms. The fraction of sp³-hybridized carbons (Fsp3) is 0.308. The molecule has 1 aromatic rings. The van der Waals surface area contributed by atoms with Crippen molar-refractivity contribution in [2.75, 3.05) is 11.4 Å². The van der Waals surface area contributed by atoms with E-state index in [0.717, 1.165) is 0 Å². The lowest BCUT2D eigenvalue weighted by atomic mass is 10.3. The molecular formula is C13H15FN2O4. The number of imide groups is 1. The standard InChI is InChI=1S/C13H15FN2O4/c1-2-16(10-5-3-9(14)4-6-10)13(20)15-11(17)7-8-12(18)19/h3-6H,2,7-8H2,1H3,(H,18,19)(H,15,17,20). The van der Waals surface area contributed by atoms with Gasteiger partial charge >= 0.3 is 12.0 Å². The Morgan fingerprint density at radius 1 is 1.20 bits per heavy atom. The number of aliphatic carboxylic acids is 1. The van der Waals surface area contributed by atoms with E-state index in [1.165, 1.54) is 29.2 Å². The van der Waals surface area contributed by atoms with Crippen LogP contribution in [0.3, 0.4) is 0 Å². The van der Waals surface area contributed by atoms with Crippen molar-refractivity contribution in [3.05, 3.63) is 30.1 Å². The van der Waals surface area contributed by atoms with Gasteiger partial charge in [0.2, 0.25) is 5.91 Å².